The van der Waals surface area contributed by atoms with Gasteiger partial charge in [0.05, 0.1) is 17.0 Å². The van der Waals surface area contributed by atoms with Crippen molar-refractivity contribution in [3.05, 3.63) is 23.0 Å². The van der Waals surface area contributed by atoms with Crippen LogP contribution in [0.2, 0.25) is 0 Å². The number of unbranched alkanes of at least 4 members (excludes halogenated alkanes) is 1. The van der Waals surface area contributed by atoms with E-state index in [9.17, 15) is 9.90 Å². The van der Waals surface area contributed by atoms with Crippen molar-refractivity contribution >= 4 is 17.0 Å². The number of hydrogen-bond acceptors (Lipinski definition) is 4. The highest BCUT2D eigenvalue weighted by Crippen LogP contribution is 2.40. The highest BCUT2D eigenvalue weighted by molar-refractivity contribution is 6.02. The first kappa shape index (κ1) is 13.1. The number of aromatic nitrogens is 3. The van der Waals surface area contributed by atoms with E-state index in [1.54, 1.807) is 6.07 Å². The normalized spacial score (nSPS) is 14.9. The molecule has 1 aliphatic rings. The Morgan fingerprint density at radius 1 is 1.50 bits per heavy atom. The van der Waals surface area contributed by atoms with E-state index in [0.717, 1.165) is 37.9 Å². The van der Waals surface area contributed by atoms with Gasteiger partial charge in [0.15, 0.2) is 5.65 Å². The fourth-order valence-electron chi connectivity index (χ4n) is 2.59. The minimum absolute atomic E-state index is 0.233. The van der Waals surface area contributed by atoms with Crippen LogP contribution in [0.1, 0.15) is 60.3 Å². The molecular weight excluding hydrogens is 254 g/mol. The first-order valence-electron chi connectivity index (χ1n) is 7.21. The number of carbonyl (C=O) groups is 1. The summed E-state index contributed by atoms with van der Waals surface area (Å²) < 4.78 is 1.84. The molecule has 0 N–H and O–H groups in total. The van der Waals surface area contributed by atoms with Crippen LogP contribution in [-0.4, -0.2) is 20.7 Å². The van der Waals surface area contributed by atoms with Gasteiger partial charge in [-0.25, -0.2) is 9.67 Å². The molecule has 2 aromatic rings. The molecule has 3 rings (SSSR count). The van der Waals surface area contributed by atoms with Crippen LogP contribution in [0.25, 0.3) is 11.0 Å². The summed E-state index contributed by atoms with van der Waals surface area (Å²) >= 11 is 0. The van der Waals surface area contributed by atoms with Crippen LogP contribution >= 0.6 is 0 Å². The molecule has 1 aliphatic carbocycles. The number of carbonyl (C=O) groups excluding carboxylic acids is 1. The molecule has 106 valence electrons. The third-order valence-corrected chi connectivity index (χ3v) is 3.84. The number of aromatic carboxylic acids is 1. The number of rotatable bonds is 5. The first-order chi connectivity index (χ1) is 9.61. The topological polar surface area (TPSA) is 70.8 Å². The molecule has 2 heterocycles. The summed E-state index contributed by atoms with van der Waals surface area (Å²) in [6.07, 6.45) is 4.25. The van der Waals surface area contributed by atoms with Gasteiger partial charge in [0, 0.05) is 23.7 Å². The number of pyridine rings is 1. The van der Waals surface area contributed by atoms with Gasteiger partial charge in [-0.2, -0.15) is 5.10 Å². The molecule has 1 fully saturated rings. The average Bonchev–Trinajstić information content (AvgIpc) is 3.22. The second-order valence-electron chi connectivity index (χ2n) is 5.52. The van der Waals surface area contributed by atoms with Gasteiger partial charge in [-0.3, -0.25) is 0 Å². The Morgan fingerprint density at radius 2 is 2.25 bits per heavy atom. The molecule has 2 aromatic heterocycles. The maximum absolute atomic E-state index is 11.4. The zero-order valence-corrected chi connectivity index (χ0v) is 11.8. The van der Waals surface area contributed by atoms with Crippen LogP contribution in [0, 0.1) is 6.92 Å². The quantitative estimate of drug-likeness (QED) is 0.831. The van der Waals surface area contributed by atoms with Crippen LogP contribution in [0.5, 0.6) is 0 Å². The van der Waals surface area contributed by atoms with Crippen molar-refractivity contribution in [1.29, 1.82) is 0 Å². The number of aryl methyl sites for hydroxylation is 2. The predicted molar refractivity (Wildman–Crippen MR) is 73.5 cm³/mol. The van der Waals surface area contributed by atoms with Gasteiger partial charge >= 0.3 is 0 Å². The summed E-state index contributed by atoms with van der Waals surface area (Å²) in [4.78, 5) is 16.1. The largest absolute Gasteiger partial charge is 0.545 e. The Hall–Kier alpha value is -1.91. The second-order valence-corrected chi connectivity index (χ2v) is 5.52. The lowest BCUT2D eigenvalue weighted by Gasteiger charge is -2.09. The molecule has 0 aromatic carbocycles. The third kappa shape index (κ3) is 2.17. The van der Waals surface area contributed by atoms with E-state index >= 15 is 0 Å². The molecule has 0 atom stereocenters. The van der Waals surface area contributed by atoms with E-state index in [1.165, 1.54) is 0 Å². The van der Waals surface area contributed by atoms with Crippen LogP contribution in [-0.2, 0) is 6.54 Å². The van der Waals surface area contributed by atoms with Crippen LogP contribution in [0.15, 0.2) is 6.07 Å². The van der Waals surface area contributed by atoms with Gasteiger partial charge in [-0.15, -0.1) is 0 Å². The van der Waals surface area contributed by atoms with Gasteiger partial charge in [0.1, 0.15) is 0 Å². The Balaban J connectivity index is 2.20. The smallest absolute Gasteiger partial charge is 0.158 e. The van der Waals surface area contributed by atoms with E-state index in [1.807, 2.05) is 11.6 Å². The van der Waals surface area contributed by atoms with Crippen molar-refractivity contribution in [2.45, 2.75) is 52.0 Å². The van der Waals surface area contributed by atoms with Crippen molar-refractivity contribution < 1.29 is 9.90 Å². The standard InChI is InChI=1S/C15H19N3O2/c1-3-4-7-18-14-13(9(2)17-18)11(15(19)20)8-12(16-14)10-5-6-10/h8,10H,3-7H2,1-2H3,(H,19,20)/p-1. The zero-order valence-electron chi connectivity index (χ0n) is 11.8. The Kier molecular flexibility index (Phi) is 3.20. The average molecular weight is 272 g/mol. The van der Waals surface area contributed by atoms with Crippen molar-refractivity contribution in [2.75, 3.05) is 0 Å². The molecule has 20 heavy (non-hydrogen) atoms. The summed E-state index contributed by atoms with van der Waals surface area (Å²) in [6, 6.07) is 1.67. The molecule has 0 radical (unpaired) electrons. The van der Waals surface area contributed by atoms with Gasteiger partial charge in [0.2, 0.25) is 0 Å². The highest BCUT2D eigenvalue weighted by Gasteiger charge is 2.27. The van der Waals surface area contributed by atoms with Crippen LogP contribution in [0.4, 0.5) is 0 Å². The monoisotopic (exact) mass is 272 g/mol. The fourth-order valence-corrected chi connectivity index (χ4v) is 2.59. The van der Waals surface area contributed by atoms with Crippen molar-refractivity contribution in [2.24, 2.45) is 0 Å². The molecule has 0 unspecified atom stereocenters. The Labute approximate surface area is 117 Å². The SMILES string of the molecule is CCCCn1nc(C)c2c(C(=O)[O-])cc(C3CC3)nc21. The Morgan fingerprint density at radius 3 is 2.85 bits per heavy atom. The van der Waals surface area contributed by atoms with Gasteiger partial charge in [-0.05, 0) is 32.3 Å². The van der Waals surface area contributed by atoms with Crippen molar-refractivity contribution in [1.82, 2.24) is 14.8 Å². The summed E-state index contributed by atoms with van der Waals surface area (Å²) in [7, 11) is 0. The van der Waals surface area contributed by atoms with Gasteiger partial charge in [0.25, 0.3) is 0 Å². The summed E-state index contributed by atoms with van der Waals surface area (Å²) in [5, 5.41) is 16.5. The molecule has 0 amide bonds. The molecule has 0 aliphatic heterocycles. The lowest BCUT2D eigenvalue weighted by molar-refractivity contribution is -0.254. The number of fused-ring (bicyclic) bond motifs is 1. The molecule has 5 heteroatoms. The maximum Gasteiger partial charge on any atom is 0.158 e. The molecule has 5 nitrogen and oxygen atoms in total. The maximum atomic E-state index is 11.4. The van der Waals surface area contributed by atoms with Crippen molar-refractivity contribution in [3.8, 4) is 0 Å². The molecule has 0 bridgehead atoms. The van der Waals surface area contributed by atoms with Crippen LogP contribution in [0.3, 0.4) is 0 Å². The second kappa shape index (κ2) is 4.89. The van der Waals surface area contributed by atoms with Crippen LogP contribution < -0.4 is 5.11 Å². The molecule has 0 saturated heterocycles. The molecular formula is C15H18N3O2-. The lowest BCUT2D eigenvalue weighted by Crippen LogP contribution is -2.23. The van der Waals surface area contributed by atoms with E-state index in [4.69, 9.17) is 0 Å². The van der Waals surface area contributed by atoms with E-state index in [-0.39, 0.29) is 5.56 Å². The number of carboxylic acid groups (broad SMARTS) is 1. The minimum Gasteiger partial charge on any atom is -0.545 e. The third-order valence-electron chi connectivity index (χ3n) is 3.84. The first-order valence-corrected chi connectivity index (χ1v) is 7.21. The van der Waals surface area contributed by atoms with Crippen molar-refractivity contribution in [3.63, 3.8) is 0 Å². The lowest BCUT2D eigenvalue weighted by atomic mass is 10.1. The number of hydrogen-bond donors (Lipinski definition) is 0. The van der Waals surface area contributed by atoms with Gasteiger partial charge < -0.3 is 9.90 Å². The van der Waals surface area contributed by atoms with E-state index in [2.05, 4.69) is 17.0 Å². The highest BCUT2D eigenvalue weighted by atomic mass is 16.4. The summed E-state index contributed by atoms with van der Waals surface area (Å²) in [5.74, 6) is -0.732. The molecule has 1 saturated carbocycles. The summed E-state index contributed by atoms with van der Waals surface area (Å²) in [5.41, 5.74) is 2.51. The Bertz CT molecular complexity index is 671. The molecule has 0 spiro atoms. The minimum atomic E-state index is -1.14. The number of carboxylic acids is 1. The van der Waals surface area contributed by atoms with Gasteiger partial charge in [-0.1, -0.05) is 13.3 Å². The predicted octanol–water partition coefficient (Wildman–Crippen LogP) is 1.78. The van der Waals surface area contributed by atoms with E-state index in [0.29, 0.717) is 22.6 Å². The zero-order chi connectivity index (χ0) is 14.3. The number of nitrogens with zero attached hydrogens (tertiary/aromatic N) is 3. The summed E-state index contributed by atoms with van der Waals surface area (Å²) in [6.45, 7) is 4.72. The van der Waals surface area contributed by atoms with E-state index < -0.39 is 5.97 Å². The fraction of sp³-hybridized carbons (Fsp3) is 0.533.